The predicted molar refractivity (Wildman–Crippen MR) is 112 cm³/mol. The number of aromatic amines is 1. The molecule has 2 heterocycles. The van der Waals surface area contributed by atoms with E-state index in [0.29, 0.717) is 35.2 Å². The molecule has 0 amide bonds. The van der Waals surface area contributed by atoms with E-state index < -0.39 is 5.97 Å². The number of hydrogen-bond acceptors (Lipinski definition) is 5. The highest BCUT2D eigenvalue weighted by molar-refractivity contribution is 6.05. The molecular weight excluding hydrogens is 368 g/mol. The second kappa shape index (κ2) is 7.04. The Morgan fingerprint density at radius 3 is 2.83 bits per heavy atom. The third-order valence-electron chi connectivity index (χ3n) is 6.10. The Balaban J connectivity index is 1.71. The maximum absolute atomic E-state index is 12.5. The Bertz CT molecular complexity index is 964. The number of carbonyl (C=O) groups excluding carboxylic acids is 1. The van der Waals surface area contributed by atoms with Crippen molar-refractivity contribution in [2.75, 3.05) is 20.3 Å². The number of fused-ring (bicyclic) bond motifs is 3. The van der Waals surface area contributed by atoms with Gasteiger partial charge in [-0.1, -0.05) is 26.0 Å². The van der Waals surface area contributed by atoms with Gasteiger partial charge in [0.25, 0.3) is 0 Å². The minimum absolute atomic E-state index is 0.263. The molecule has 2 aliphatic rings. The highest BCUT2D eigenvalue weighted by atomic mass is 16.5. The molecule has 1 N–H and O–H groups in total. The van der Waals surface area contributed by atoms with Crippen LogP contribution in [0.1, 0.15) is 57.4 Å². The monoisotopic (exact) mass is 398 g/mol. The van der Waals surface area contributed by atoms with Gasteiger partial charge in [-0.25, -0.2) is 4.79 Å². The molecule has 0 unspecified atom stereocenters. The molecule has 1 saturated heterocycles. The fourth-order valence-corrected chi connectivity index (χ4v) is 5.38. The lowest BCUT2D eigenvalue weighted by molar-refractivity contribution is 0.0521. The van der Waals surface area contributed by atoms with Crippen molar-refractivity contribution in [2.24, 2.45) is 21.2 Å². The Morgan fingerprint density at radius 1 is 1.31 bits per heavy atom. The lowest BCUT2D eigenvalue weighted by Crippen LogP contribution is -2.33. The van der Waals surface area contributed by atoms with E-state index >= 15 is 0 Å². The van der Waals surface area contributed by atoms with Crippen LogP contribution in [0.4, 0.5) is 5.69 Å². The van der Waals surface area contributed by atoms with Crippen molar-refractivity contribution < 1.29 is 14.3 Å². The van der Waals surface area contributed by atoms with E-state index in [1.54, 1.807) is 14.0 Å². The zero-order chi connectivity index (χ0) is 20.8. The number of carbonyl (C=O) groups is 1. The van der Waals surface area contributed by atoms with Crippen LogP contribution in [-0.4, -0.2) is 42.3 Å². The number of benzene rings is 1. The molecule has 1 aliphatic carbocycles. The van der Waals surface area contributed by atoms with Crippen molar-refractivity contribution in [3.63, 3.8) is 0 Å². The van der Waals surface area contributed by atoms with Gasteiger partial charge in [0, 0.05) is 23.5 Å². The minimum atomic E-state index is -0.426. The third-order valence-corrected chi connectivity index (χ3v) is 6.10. The van der Waals surface area contributed by atoms with Gasteiger partial charge < -0.3 is 14.5 Å². The molecule has 2 fully saturated rings. The number of aromatic nitrogens is 1. The molecule has 1 saturated carbocycles. The lowest BCUT2D eigenvalue weighted by atomic mass is 9.65. The molecule has 2 atom stereocenters. The highest BCUT2D eigenvalue weighted by Crippen LogP contribution is 2.52. The van der Waals surface area contributed by atoms with Crippen LogP contribution in [0, 0.1) is 10.8 Å². The predicted octanol–water partition coefficient (Wildman–Crippen LogP) is 5.25. The quantitative estimate of drug-likeness (QED) is 0.551. The molecule has 2 bridgehead atoms. The van der Waals surface area contributed by atoms with Crippen LogP contribution in [0.2, 0.25) is 0 Å². The van der Waals surface area contributed by atoms with Crippen molar-refractivity contribution >= 4 is 22.6 Å². The molecular formula is C22H30N4O3. The molecule has 1 aromatic carbocycles. The summed E-state index contributed by atoms with van der Waals surface area (Å²) in [4.78, 5) is 15.6. The second-order valence-corrected chi connectivity index (χ2v) is 9.48. The van der Waals surface area contributed by atoms with Gasteiger partial charge in [0.05, 0.1) is 13.7 Å². The molecule has 0 spiro atoms. The molecule has 156 valence electrons. The van der Waals surface area contributed by atoms with E-state index in [-0.39, 0.29) is 5.41 Å². The van der Waals surface area contributed by atoms with E-state index in [2.05, 4.69) is 41.1 Å². The summed E-state index contributed by atoms with van der Waals surface area (Å²) < 4.78 is 10.6. The SMILES string of the molecule is CCOC(=O)c1[nH]c2ccc(OC)cc2c1N=NN1C[C@@]2(C)C[C@@H]1CC(C)(C)C2. The largest absolute Gasteiger partial charge is 0.497 e. The topological polar surface area (TPSA) is 79.3 Å². The average molecular weight is 399 g/mol. The first-order valence-electron chi connectivity index (χ1n) is 10.3. The second-order valence-electron chi connectivity index (χ2n) is 9.48. The van der Waals surface area contributed by atoms with Gasteiger partial charge in [-0.3, -0.25) is 5.01 Å². The van der Waals surface area contributed by atoms with Gasteiger partial charge in [0.2, 0.25) is 0 Å². The van der Waals surface area contributed by atoms with Crippen LogP contribution in [0.5, 0.6) is 5.75 Å². The molecule has 2 aromatic rings. The molecule has 1 aromatic heterocycles. The zero-order valence-corrected chi connectivity index (χ0v) is 17.9. The van der Waals surface area contributed by atoms with Crippen molar-refractivity contribution in [1.82, 2.24) is 9.99 Å². The Labute approximate surface area is 171 Å². The van der Waals surface area contributed by atoms with E-state index in [1.807, 2.05) is 18.2 Å². The normalized spacial score (nSPS) is 25.7. The van der Waals surface area contributed by atoms with Crippen molar-refractivity contribution in [1.29, 1.82) is 0 Å². The van der Waals surface area contributed by atoms with E-state index in [9.17, 15) is 4.79 Å². The molecule has 1 aliphatic heterocycles. The summed E-state index contributed by atoms with van der Waals surface area (Å²) in [5.41, 5.74) is 2.21. The smallest absolute Gasteiger partial charge is 0.357 e. The number of methoxy groups -OCH3 is 1. The van der Waals surface area contributed by atoms with Crippen LogP contribution in [-0.2, 0) is 4.74 Å². The fourth-order valence-electron chi connectivity index (χ4n) is 5.38. The number of ether oxygens (including phenoxy) is 2. The standard InChI is InChI=1S/C22H30N4O3/c1-6-29-20(27)19-18(16-9-15(28-5)7-8-17(16)23-19)24-25-26-13-22(4)11-14(26)10-21(2,3)12-22/h7-9,14,23H,6,10-13H2,1-5H3/t14-,22-/m0/s1. The maximum Gasteiger partial charge on any atom is 0.357 e. The summed E-state index contributed by atoms with van der Waals surface area (Å²) in [5, 5.41) is 12.1. The molecule has 7 heteroatoms. The van der Waals surface area contributed by atoms with Crippen LogP contribution in [0.25, 0.3) is 10.9 Å². The third kappa shape index (κ3) is 3.70. The van der Waals surface area contributed by atoms with Crippen LogP contribution in [0.3, 0.4) is 0 Å². The summed E-state index contributed by atoms with van der Waals surface area (Å²) >= 11 is 0. The number of esters is 1. The van der Waals surface area contributed by atoms with Gasteiger partial charge in [0.1, 0.15) is 11.4 Å². The van der Waals surface area contributed by atoms with Gasteiger partial charge in [-0.15, -0.1) is 5.11 Å². The van der Waals surface area contributed by atoms with Crippen molar-refractivity contribution in [3.8, 4) is 5.75 Å². The number of nitrogens with one attached hydrogen (secondary N) is 1. The minimum Gasteiger partial charge on any atom is -0.497 e. The molecule has 4 rings (SSSR count). The number of H-pyrrole nitrogens is 1. The first kappa shape index (κ1) is 19.7. The average Bonchev–Trinajstić information content (AvgIpc) is 3.12. The number of nitrogens with zero attached hydrogens (tertiary/aromatic N) is 3. The summed E-state index contributed by atoms with van der Waals surface area (Å²) in [5.74, 6) is 0.277. The maximum atomic E-state index is 12.5. The fraction of sp³-hybridized carbons (Fsp3) is 0.591. The molecule has 29 heavy (non-hydrogen) atoms. The zero-order valence-electron chi connectivity index (χ0n) is 17.9. The lowest BCUT2D eigenvalue weighted by Gasteiger charge is -2.39. The summed E-state index contributed by atoms with van der Waals surface area (Å²) in [6.45, 7) is 10.0. The number of rotatable bonds is 5. The summed E-state index contributed by atoms with van der Waals surface area (Å²) in [7, 11) is 1.62. The Kier molecular flexibility index (Phi) is 4.79. The molecule has 0 radical (unpaired) electrons. The first-order valence-corrected chi connectivity index (χ1v) is 10.3. The first-order chi connectivity index (χ1) is 13.7. The van der Waals surface area contributed by atoms with Gasteiger partial charge in [-0.2, -0.15) is 0 Å². The molecule has 7 nitrogen and oxygen atoms in total. The van der Waals surface area contributed by atoms with Crippen LogP contribution < -0.4 is 4.74 Å². The Hall–Kier alpha value is -2.57. The van der Waals surface area contributed by atoms with Crippen LogP contribution >= 0.6 is 0 Å². The van der Waals surface area contributed by atoms with Crippen LogP contribution in [0.15, 0.2) is 28.5 Å². The van der Waals surface area contributed by atoms with E-state index in [4.69, 9.17) is 9.47 Å². The summed E-state index contributed by atoms with van der Waals surface area (Å²) in [6.07, 6.45) is 3.44. The van der Waals surface area contributed by atoms with E-state index in [1.165, 1.54) is 6.42 Å². The van der Waals surface area contributed by atoms with Crippen molar-refractivity contribution in [2.45, 2.75) is 53.0 Å². The summed E-state index contributed by atoms with van der Waals surface area (Å²) in [6, 6.07) is 5.98. The van der Waals surface area contributed by atoms with Gasteiger partial charge >= 0.3 is 5.97 Å². The highest BCUT2D eigenvalue weighted by Gasteiger charge is 2.49. The van der Waals surface area contributed by atoms with Gasteiger partial charge in [-0.05, 0) is 55.2 Å². The van der Waals surface area contributed by atoms with Crippen molar-refractivity contribution in [3.05, 3.63) is 23.9 Å². The van der Waals surface area contributed by atoms with E-state index in [0.717, 1.165) is 30.3 Å². The number of hydrogen-bond donors (Lipinski definition) is 1. The Morgan fingerprint density at radius 2 is 2.10 bits per heavy atom. The van der Waals surface area contributed by atoms with Gasteiger partial charge in [0.15, 0.2) is 5.69 Å².